The smallest absolute Gasteiger partial charge is 0.223 e. The third kappa shape index (κ3) is 1.59. The second-order valence-corrected chi connectivity index (χ2v) is 4.00. The Morgan fingerprint density at radius 2 is 2.00 bits per heavy atom. The zero-order valence-electron chi connectivity index (χ0n) is 8.16. The summed E-state index contributed by atoms with van der Waals surface area (Å²) in [6.45, 7) is 0. The van der Waals surface area contributed by atoms with E-state index < -0.39 is 0 Å². The first-order valence-corrected chi connectivity index (χ1v) is 5.56. The summed E-state index contributed by atoms with van der Waals surface area (Å²) in [5.41, 5.74) is 1.85. The van der Waals surface area contributed by atoms with Gasteiger partial charge < -0.3 is 0 Å². The lowest BCUT2D eigenvalue weighted by atomic mass is 10.2. The van der Waals surface area contributed by atoms with Gasteiger partial charge in [0.1, 0.15) is 10.7 Å². The summed E-state index contributed by atoms with van der Waals surface area (Å²) < 4.78 is 0. The number of hydrogen-bond acceptors (Lipinski definition) is 5. The molecule has 3 aromatic rings. The van der Waals surface area contributed by atoms with E-state index in [0.29, 0.717) is 5.82 Å². The highest BCUT2D eigenvalue weighted by atomic mass is 32.1. The highest BCUT2D eigenvalue weighted by molar-refractivity contribution is 7.13. The summed E-state index contributed by atoms with van der Waals surface area (Å²) in [5.74, 6) is 0.526. The first-order chi connectivity index (χ1) is 7.93. The molecule has 0 bridgehead atoms. The molecule has 6 heteroatoms. The van der Waals surface area contributed by atoms with Gasteiger partial charge in [0.25, 0.3) is 0 Å². The Labute approximate surface area is 95.2 Å². The van der Waals surface area contributed by atoms with Gasteiger partial charge in [0.2, 0.25) is 5.82 Å². The number of benzene rings is 1. The van der Waals surface area contributed by atoms with E-state index in [1.165, 1.54) is 0 Å². The van der Waals surface area contributed by atoms with E-state index >= 15 is 0 Å². The molecule has 0 amide bonds. The third-order valence-electron chi connectivity index (χ3n) is 2.10. The predicted molar refractivity (Wildman–Crippen MR) is 60.7 cm³/mol. The lowest BCUT2D eigenvalue weighted by Gasteiger charge is -1.92. The monoisotopic (exact) mass is 229 g/mol. The van der Waals surface area contributed by atoms with Crippen molar-refractivity contribution in [1.29, 1.82) is 0 Å². The van der Waals surface area contributed by atoms with Crippen LogP contribution >= 0.6 is 11.3 Å². The molecule has 0 spiro atoms. The minimum absolute atomic E-state index is 0.526. The molecule has 5 nitrogen and oxygen atoms in total. The number of aromatic nitrogens is 5. The topological polar surface area (TPSA) is 67.3 Å². The van der Waals surface area contributed by atoms with Crippen LogP contribution in [0.2, 0.25) is 0 Å². The van der Waals surface area contributed by atoms with Crippen LogP contribution in [0, 0.1) is 0 Å². The second kappa shape index (κ2) is 3.82. The van der Waals surface area contributed by atoms with Crippen molar-refractivity contribution in [2.24, 2.45) is 0 Å². The second-order valence-electron chi connectivity index (χ2n) is 3.14. The van der Waals surface area contributed by atoms with Crippen molar-refractivity contribution in [1.82, 2.24) is 25.6 Å². The number of thiazole rings is 1. The van der Waals surface area contributed by atoms with Crippen LogP contribution in [0.1, 0.15) is 0 Å². The summed E-state index contributed by atoms with van der Waals surface area (Å²) in [6, 6.07) is 10.0. The summed E-state index contributed by atoms with van der Waals surface area (Å²) >= 11 is 1.57. The van der Waals surface area contributed by atoms with Crippen LogP contribution in [0.25, 0.3) is 22.1 Å². The maximum atomic E-state index is 4.46. The molecular weight excluding hydrogens is 222 g/mol. The molecule has 0 radical (unpaired) electrons. The van der Waals surface area contributed by atoms with E-state index in [2.05, 4.69) is 25.6 Å². The van der Waals surface area contributed by atoms with Crippen LogP contribution in [0.15, 0.2) is 35.7 Å². The van der Waals surface area contributed by atoms with Crippen LogP contribution in [0.5, 0.6) is 0 Å². The Hall–Kier alpha value is -2.08. The predicted octanol–water partition coefficient (Wildman–Crippen LogP) is 1.99. The normalized spacial score (nSPS) is 10.5. The number of H-pyrrole nitrogens is 1. The molecule has 3 rings (SSSR count). The lowest BCUT2D eigenvalue weighted by molar-refractivity contribution is 0.881. The van der Waals surface area contributed by atoms with E-state index in [1.807, 2.05) is 35.7 Å². The molecule has 0 saturated heterocycles. The largest absolute Gasteiger partial charge is 0.233 e. The molecule has 0 aliphatic carbocycles. The maximum absolute atomic E-state index is 4.46. The molecule has 1 aromatic carbocycles. The highest BCUT2D eigenvalue weighted by Gasteiger charge is 2.09. The molecule has 2 heterocycles. The van der Waals surface area contributed by atoms with Crippen LogP contribution in [-0.4, -0.2) is 25.6 Å². The molecule has 0 unspecified atom stereocenters. The summed E-state index contributed by atoms with van der Waals surface area (Å²) in [7, 11) is 0. The Balaban J connectivity index is 2.00. The number of tetrazole rings is 1. The number of hydrogen-bond donors (Lipinski definition) is 1. The number of aromatic amines is 1. The van der Waals surface area contributed by atoms with E-state index in [-0.39, 0.29) is 0 Å². The first kappa shape index (κ1) is 9.17. The Morgan fingerprint density at radius 1 is 1.12 bits per heavy atom. The van der Waals surface area contributed by atoms with Gasteiger partial charge in [0.05, 0.1) is 0 Å². The zero-order valence-corrected chi connectivity index (χ0v) is 8.98. The zero-order chi connectivity index (χ0) is 10.8. The van der Waals surface area contributed by atoms with Crippen LogP contribution in [-0.2, 0) is 0 Å². The van der Waals surface area contributed by atoms with Crippen molar-refractivity contribution in [3.63, 3.8) is 0 Å². The van der Waals surface area contributed by atoms with E-state index in [9.17, 15) is 0 Å². The maximum Gasteiger partial charge on any atom is 0.223 e. The number of rotatable bonds is 2. The average Bonchev–Trinajstić information content (AvgIpc) is 3.01. The molecule has 0 aliphatic rings. The van der Waals surface area contributed by atoms with Gasteiger partial charge in [-0.25, -0.2) is 4.98 Å². The molecule has 2 aromatic heterocycles. The van der Waals surface area contributed by atoms with Crippen molar-refractivity contribution in [3.05, 3.63) is 35.7 Å². The lowest BCUT2D eigenvalue weighted by Crippen LogP contribution is -1.81. The van der Waals surface area contributed by atoms with Crippen LogP contribution in [0.3, 0.4) is 0 Å². The summed E-state index contributed by atoms with van der Waals surface area (Å²) in [4.78, 5) is 4.46. The number of nitrogens with one attached hydrogen (secondary N) is 1. The van der Waals surface area contributed by atoms with Crippen molar-refractivity contribution in [2.75, 3.05) is 0 Å². The van der Waals surface area contributed by atoms with Crippen molar-refractivity contribution in [3.8, 4) is 22.1 Å². The summed E-state index contributed by atoms with van der Waals surface area (Å²) in [5, 5.41) is 16.6. The van der Waals surface area contributed by atoms with Gasteiger partial charge in [-0.15, -0.1) is 21.5 Å². The van der Waals surface area contributed by atoms with Crippen LogP contribution in [0.4, 0.5) is 0 Å². The van der Waals surface area contributed by atoms with Gasteiger partial charge in [-0.3, -0.25) is 0 Å². The van der Waals surface area contributed by atoms with Crippen molar-refractivity contribution < 1.29 is 0 Å². The fourth-order valence-corrected chi connectivity index (χ4v) is 2.16. The Kier molecular flexibility index (Phi) is 2.19. The molecule has 0 atom stereocenters. The average molecular weight is 229 g/mol. The Bertz CT molecular complexity index is 572. The SMILES string of the molecule is c1ccc(-c2nc(-c3nn[nH]n3)cs2)cc1. The van der Waals surface area contributed by atoms with E-state index in [4.69, 9.17) is 0 Å². The molecular formula is C10H7N5S. The summed E-state index contributed by atoms with van der Waals surface area (Å²) in [6.07, 6.45) is 0. The van der Waals surface area contributed by atoms with Gasteiger partial charge in [-0.05, 0) is 5.21 Å². The van der Waals surface area contributed by atoms with Gasteiger partial charge >= 0.3 is 0 Å². The highest BCUT2D eigenvalue weighted by Crippen LogP contribution is 2.26. The van der Waals surface area contributed by atoms with Crippen molar-refractivity contribution >= 4 is 11.3 Å². The molecule has 16 heavy (non-hydrogen) atoms. The molecule has 78 valence electrons. The molecule has 0 fully saturated rings. The quantitative estimate of drug-likeness (QED) is 0.729. The van der Waals surface area contributed by atoms with E-state index in [1.54, 1.807) is 11.3 Å². The van der Waals surface area contributed by atoms with Crippen LogP contribution < -0.4 is 0 Å². The molecule has 1 N–H and O–H groups in total. The van der Waals surface area contributed by atoms with Crippen molar-refractivity contribution in [2.45, 2.75) is 0 Å². The Morgan fingerprint density at radius 3 is 2.75 bits per heavy atom. The van der Waals surface area contributed by atoms with Gasteiger partial charge in [-0.1, -0.05) is 30.3 Å². The number of nitrogens with zero attached hydrogens (tertiary/aromatic N) is 4. The minimum Gasteiger partial charge on any atom is -0.233 e. The third-order valence-corrected chi connectivity index (χ3v) is 2.99. The van der Waals surface area contributed by atoms with Gasteiger partial charge in [0.15, 0.2) is 0 Å². The standard InChI is InChI=1S/C10H7N5S/c1-2-4-7(5-3-1)10-11-8(6-16-10)9-12-14-15-13-9/h1-6H,(H,12,13,14,15). The fourth-order valence-electron chi connectivity index (χ4n) is 1.36. The van der Waals surface area contributed by atoms with Gasteiger partial charge in [-0.2, -0.15) is 5.21 Å². The van der Waals surface area contributed by atoms with Gasteiger partial charge in [0, 0.05) is 10.9 Å². The minimum atomic E-state index is 0.526. The first-order valence-electron chi connectivity index (χ1n) is 4.68. The fraction of sp³-hybridized carbons (Fsp3) is 0. The van der Waals surface area contributed by atoms with E-state index in [0.717, 1.165) is 16.3 Å². The molecule has 0 aliphatic heterocycles. The molecule has 0 saturated carbocycles.